The van der Waals surface area contributed by atoms with E-state index in [1.807, 2.05) is 18.7 Å². The molecule has 21 heavy (non-hydrogen) atoms. The number of nitrogens with zero attached hydrogens (tertiary/aromatic N) is 3. The number of hydrogen-bond donors (Lipinski definition) is 1. The van der Waals surface area contributed by atoms with Crippen molar-refractivity contribution >= 4 is 17.5 Å². The Bertz CT molecular complexity index is 526. The summed E-state index contributed by atoms with van der Waals surface area (Å²) in [5.74, 6) is 1.88. The Morgan fingerprint density at radius 2 is 2.29 bits per heavy atom. The van der Waals surface area contributed by atoms with Gasteiger partial charge in [0.25, 0.3) is 0 Å². The molecule has 3 rings (SSSR count). The van der Waals surface area contributed by atoms with Gasteiger partial charge in [0, 0.05) is 20.1 Å². The van der Waals surface area contributed by atoms with Crippen molar-refractivity contribution in [3.63, 3.8) is 0 Å². The molecule has 1 saturated carbocycles. The molecule has 2 atom stereocenters. The minimum Gasteiger partial charge on any atom is -0.338 e. The molecule has 0 spiro atoms. The number of nitrogens with one attached hydrogen (secondary N) is 1. The summed E-state index contributed by atoms with van der Waals surface area (Å²) in [6, 6.07) is 0.374. The van der Waals surface area contributed by atoms with Gasteiger partial charge in [-0.3, -0.25) is 4.79 Å². The molecule has 2 fully saturated rings. The van der Waals surface area contributed by atoms with E-state index in [1.165, 1.54) is 12.8 Å². The monoisotopic (exact) mass is 310 g/mol. The van der Waals surface area contributed by atoms with Crippen molar-refractivity contribution in [3.05, 3.63) is 17.2 Å². The first-order valence-electron chi connectivity index (χ1n) is 7.72. The van der Waals surface area contributed by atoms with Crippen LogP contribution in [0.3, 0.4) is 0 Å². The van der Waals surface area contributed by atoms with E-state index in [0.717, 1.165) is 25.2 Å². The van der Waals surface area contributed by atoms with Crippen molar-refractivity contribution < 1.29 is 4.79 Å². The number of piperidine rings is 1. The number of imidazole rings is 1. The number of hydrogen-bond acceptors (Lipinski definition) is 3. The molecule has 1 aromatic rings. The third-order valence-corrected chi connectivity index (χ3v) is 5.09. The molecule has 0 aromatic carbocycles. The standard InChI is InChI=1S/C15H23ClN4O/c1-19(9-13-18-8-12(16)20(13)2)15(21)11-4-3-7-17-14(11)10-5-6-10/h8,10-11,14,17H,3-7,9H2,1-2H3/t11-,14-/m1/s1. The summed E-state index contributed by atoms with van der Waals surface area (Å²) in [4.78, 5) is 18.8. The Kier molecular flexibility index (Phi) is 4.22. The normalized spacial score (nSPS) is 25.9. The summed E-state index contributed by atoms with van der Waals surface area (Å²) in [5, 5.41) is 4.16. The zero-order valence-electron chi connectivity index (χ0n) is 12.7. The molecule has 1 N–H and O–H groups in total. The molecule has 1 aliphatic heterocycles. The quantitative estimate of drug-likeness (QED) is 0.923. The van der Waals surface area contributed by atoms with Crippen molar-refractivity contribution in [2.75, 3.05) is 13.6 Å². The Hall–Kier alpha value is -1.07. The van der Waals surface area contributed by atoms with Crippen LogP contribution in [0.25, 0.3) is 0 Å². The largest absolute Gasteiger partial charge is 0.338 e. The molecular weight excluding hydrogens is 288 g/mol. The van der Waals surface area contributed by atoms with E-state index in [2.05, 4.69) is 10.3 Å². The second kappa shape index (κ2) is 5.97. The second-order valence-corrected chi connectivity index (χ2v) is 6.70. The van der Waals surface area contributed by atoms with Gasteiger partial charge in [0.05, 0.1) is 18.7 Å². The van der Waals surface area contributed by atoms with E-state index in [1.54, 1.807) is 11.1 Å². The smallest absolute Gasteiger partial charge is 0.227 e. The summed E-state index contributed by atoms with van der Waals surface area (Å²) in [6.45, 7) is 1.56. The Morgan fingerprint density at radius 3 is 2.90 bits per heavy atom. The SMILES string of the molecule is CN(Cc1ncc(Cl)n1C)C(=O)[C@@H]1CCCN[C@@H]1C1CC1. The minimum atomic E-state index is 0.118. The summed E-state index contributed by atoms with van der Waals surface area (Å²) in [6.07, 6.45) is 6.24. The maximum absolute atomic E-state index is 12.8. The van der Waals surface area contributed by atoms with Gasteiger partial charge in [-0.25, -0.2) is 4.98 Å². The maximum Gasteiger partial charge on any atom is 0.227 e. The van der Waals surface area contributed by atoms with Gasteiger partial charge in [-0.15, -0.1) is 0 Å². The average Bonchev–Trinajstić information content (AvgIpc) is 3.29. The Labute approximate surface area is 130 Å². The zero-order valence-corrected chi connectivity index (χ0v) is 13.4. The van der Waals surface area contributed by atoms with Crippen LogP contribution < -0.4 is 5.32 Å². The molecule has 0 unspecified atom stereocenters. The first-order chi connectivity index (χ1) is 10.1. The highest BCUT2D eigenvalue weighted by Gasteiger charge is 2.41. The molecule has 1 aromatic heterocycles. The number of carbonyl (C=O) groups is 1. The van der Waals surface area contributed by atoms with Gasteiger partial charge < -0.3 is 14.8 Å². The summed E-state index contributed by atoms with van der Waals surface area (Å²) in [7, 11) is 3.74. The zero-order chi connectivity index (χ0) is 15.0. The second-order valence-electron chi connectivity index (χ2n) is 6.32. The molecule has 1 aliphatic carbocycles. The molecule has 0 bridgehead atoms. The van der Waals surface area contributed by atoms with Crippen molar-refractivity contribution in [1.82, 2.24) is 19.8 Å². The molecule has 2 heterocycles. The fraction of sp³-hybridized carbons (Fsp3) is 0.733. The van der Waals surface area contributed by atoms with Crippen molar-refractivity contribution in [3.8, 4) is 0 Å². The van der Waals surface area contributed by atoms with Crippen LogP contribution in [0.5, 0.6) is 0 Å². The Morgan fingerprint density at radius 1 is 1.52 bits per heavy atom. The number of amides is 1. The number of rotatable bonds is 4. The molecule has 0 radical (unpaired) electrons. The van der Waals surface area contributed by atoms with E-state index in [0.29, 0.717) is 23.7 Å². The molecule has 5 nitrogen and oxygen atoms in total. The number of carbonyl (C=O) groups excluding carboxylic acids is 1. The molecule has 6 heteroatoms. The first kappa shape index (κ1) is 14.9. The first-order valence-corrected chi connectivity index (χ1v) is 8.10. The van der Waals surface area contributed by atoms with Crippen molar-refractivity contribution in [1.29, 1.82) is 0 Å². The number of halogens is 1. The summed E-state index contributed by atoms with van der Waals surface area (Å²) < 4.78 is 1.82. The lowest BCUT2D eigenvalue weighted by Gasteiger charge is -2.34. The lowest BCUT2D eigenvalue weighted by Crippen LogP contribution is -2.49. The topological polar surface area (TPSA) is 50.2 Å². The van der Waals surface area contributed by atoms with Gasteiger partial charge in [-0.05, 0) is 38.1 Å². The number of aromatic nitrogens is 2. The van der Waals surface area contributed by atoms with E-state index in [9.17, 15) is 4.79 Å². The molecule has 2 aliphatic rings. The van der Waals surface area contributed by atoms with Gasteiger partial charge >= 0.3 is 0 Å². The van der Waals surface area contributed by atoms with Crippen LogP contribution in [-0.2, 0) is 18.4 Å². The summed E-state index contributed by atoms with van der Waals surface area (Å²) >= 11 is 6.00. The van der Waals surface area contributed by atoms with E-state index >= 15 is 0 Å². The van der Waals surface area contributed by atoms with Crippen LogP contribution in [0, 0.1) is 11.8 Å². The van der Waals surface area contributed by atoms with Crippen LogP contribution in [0.1, 0.15) is 31.5 Å². The highest BCUT2D eigenvalue weighted by molar-refractivity contribution is 6.29. The van der Waals surface area contributed by atoms with Crippen molar-refractivity contribution in [2.45, 2.75) is 38.3 Å². The van der Waals surface area contributed by atoms with Gasteiger partial charge in [-0.2, -0.15) is 0 Å². The van der Waals surface area contributed by atoms with E-state index < -0.39 is 0 Å². The average molecular weight is 311 g/mol. The highest BCUT2D eigenvalue weighted by atomic mass is 35.5. The maximum atomic E-state index is 12.8. The van der Waals surface area contributed by atoms with Gasteiger partial charge in [0.2, 0.25) is 5.91 Å². The van der Waals surface area contributed by atoms with Crippen LogP contribution in [-0.4, -0.2) is 40.0 Å². The predicted octanol–water partition coefficient (Wildman–Crippen LogP) is 1.81. The fourth-order valence-electron chi connectivity index (χ4n) is 3.28. The van der Waals surface area contributed by atoms with Crippen molar-refractivity contribution in [2.24, 2.45) is 18.9 Å². The molecule has 1 saturated heterocycles. The summed E-state index contributed by atoms with van der Waals surface area (Å²) in [5.41, 5.74) is 0. The minimum absolute atomic E-state index is 0.118. The lowest BCUT2D eigenvalue weighted by molar-refractivity contribution is -0.137. The molecular formula is C15H23ClN4O. The fourth-order valence-corrected chi connectivity index (χ4v) is 3.43. The third kappa shape index (κ3) is 3.09. The lowest BCUT2D eigenvalue weighted by atomic mass is 9.86. The predicted molar refractivity (Wildman–Crippen MR) is 81.9 cm³/mol. The molecule has 1 amide bonds. The van der Waals surface area contributed by atoms with Gasteiger partial charge in [0.15, 0.2) is 0 Å². The highest BCUT2D eigenvalue weighted by Crippen LogP contribution is 2.39. The van der Waals surface area contributed by atoms with E-state index in [4.69, 9.17) is 11.6 Å². The van der Waals surface area contributed by atoms with Crippen LogP contribution >= 0.6 is 11.6 Å². The van der Waals surface area contributed by atoms with Gasteiger partial charge in [0.1, 0.15) is 11.0 Å². The Balaban J connectivity index is 1.66. The van der Waals surface area contributed by atoms with E-state index in [-0.39, 0.29) is 11.8 Å². The van der Waals surface area contributed by atoms with Crippen LogP contribution in [0.15, 0.2) is 6.20 Å². The van der Waals surface area contributed by atoms with Crippen LogP contribution in [0.2, 0.25) is 5.15 Å². The van der Waals surface area contributed by atoms with Gasteiger partial charge in [-0.1, -0.05) is 11.6 Å². The molecule has 116 valence electrons. The van der Waals surface area contributed by atoms with Crippen LogP contribution in [0.4, 0.5) is 0 Å². The third-order valence-electron chi connectivity index (χ3n) is 4.74.